The first-order chi connectivity index (χ1) is 15.5. The zero-order valence-corrected chi connectivity index (χ0v) is 19.6. The van der Waals surface area contributed by atoms with Crippen LogP contribution in [-0.4, -0.2) is 25.5 Å². The Bertz CT molecular complexity index is 1070. The van der Waals surface area contributed by atoms with Crippen molar-refractivity contribution in [2.45, 2.75) is 51.4 Å². The Labute approximate surface area is 193 Å². The summed E-state index contributed by atoms with van der Waals surface area (Å²) >= 11 is 1.68. The van der Waals surface area contributed by atoms with E-state index in [1.807, 2.05) is 42.6 Å². The summed E-state index contributed by atoms with van der Waals surface area (Å²) in [5.74, 6) is -0.00386. The molecule has 2 aromatic rings. The molecular weight excluding hydrogens is 422 g/mol. The molecule has 0 saturated heterocycles. The molecule has 168 valence electrons. The largest absolute Gasteiger partial charge is 0.493 e. The third-order valence-electron chi connectivity index (χ3n) is 6.16. The molecule has 2 aliphatic rings. The van der Waals surface area contributed by atoms with Crippen LogP contribution in [0.1, 0.15) is 61.8 Å². The smallest absolute Gasteiger partial charge is 0.336 e. The van der Waals surface area contributed by atoms with Gasteiger partial charge < -0.3 is 14.8 Å². The van der Waals surface area contributed by atoms with E-state index < -0.39 is 11.9 Å². The minimum absolute atomic E-state index is 0.0689. The minimum atomic E-state index is -0.506. The zero-order chi connectivity index (χ0) is 22.7. The van der Waals surface area contributed by atoms with Crippen LogP contribution in [0.3, 0.4) is 0 Å². The van der Waals surface area contributed by atoms with Crippen LogP contribution in [0.5, 0.6) is 5.75 Å². The molecule has 2 heterocycles. The summed E-state index contributed by atoms with van der Waals surface area (Å²) in [4.78, 5) is 27.6. The molecule has 4 rings (SSSR count). The first kappa shape index (κ1) is 22.3. The molecule has 2 atom stereocenters. The fourth-order valence-corrected chi connectivity index (χ4v) is 5.46. The topological polar surface area (TPSA) is 64.6 Å². The van der Waals surface area contributed by atoms with Crippen molar-refractivity contribution >= 4 is 23.1 Å². The van der Waals surface area contributed by atoms with Crippen molar-refractivity contribution in [2.75, 3.05) is 13.7 Å². The number of carbonyl (C=O) groups excluding carboxylic acids is 2. The Kier molecular flexibility index (Phi) is 6.80. The van der Waals surface area contributed by atoms with Crippen molar-refractivity contribution in [3.63, 3.8) is 0 Å². The van der Waals surface area contributed by atoms with E-state index in [2.05, 4.69) is 18.3 Å². The highest BCUT2D eigenvalue weighted by Crippen LogP contribution is 2.48. The Balaban J connectivity index is 1.81. The monoisotopic (exact) mass is 451 g/mol. The summed E-state index contributed by atoms with van der Waals surface area (Å²) in [5, 5.41) is 5.43. The van der Waals surface area contributed by atoms with Gasteiger partial charge in [0.05, 0.1) is 25.2 Å². The second kappa shape index (κ2) is 9.74. The van der Waals surface area contributed by atoms with E-state index in [-0.39, 0.29) is 11.7 Å². The summed E-state index contributed by atoms with van der Waals surface area (Å²) in [6.45, 7) is 4.59. The molecule has 0 bridgehead atoms. The van der Waals surface area contributed by atoms with Gasteiger partial charge in [0.2, 0.25) is 0 Å². The van der Waals surface area contributed by atoms with Crippen LogP contribution in [0.25, 0.3) is 0 Å². The van der Waals surface area contributed by atoms with Crippen molar-refractivity contribution in [1.29, 1.82) is 0 Å². The van der Waals surface area contributed by atoms with Crippen molar-refractivity contribution < 1.29 is 19.1 Å². The zero-order valence-electron chi connectivity index (χ0n) is 18.8. The molecule has 0 spiro atoms. The van der Waals surface area contributed by atoms with Crippen LogP contribution in [0.15, 0.2) is 64.3 Å². The van der Waals surface area contributed by atoms with E-state index in [9.17, 15) is 9.59 Å². The second-order valence-electron chi connectivity index (χ2n) is 8.26. The number of nitrogens with one attached hydrogen (secondary N) is 1. The summed E-state index contributed by atoms with van der Waals surface area (Å²) in [7, 11) is 1.38. The number of ketones is 1. The Hall–Kier alpha value is -2.86. The molecule has 2 unspecified atom stereocenters. The summed E-state index contributed by atoms with van der Waals surface area (Å²) < 4.78 is 11.2. The van der Waals surface area contributed by atoms with Gasteiger partial charge in [-0.1, -0.05) is 37.6 Å². The van der Waals surface area contributed by atoms with Crippen molar-refractivity contribution in [2.24, 2.45) is 0 Å². The number of carbonyl (C=O) groups is 2. The molecule has 6 heteroatoms. The maximum Gasteiger partial charge on any atom is 0.336 e. The molecule has 32 heavy (non-hydrogen) atoms. The lowest BCUT2D eigenvalue weighted by molar-refractivity contribution is -0.136. The first-order valence-electron chi connectivity index (χ1n) is 11.1. The lowest BCUT2D eigenvalue weighted by Gasteiger charge is -2.36. The molecule has 0 amide bonds. The van der Waals surface area contributed by atoms with Gasteiger partial charge in [-0.2, -0.15) is 0 Å². The number of esters is 1. The van der Waals surface area contributed by atoms with E-state index in [1.54, 1.807) is 11.3 Å². The minimum Gasteiger partial charge on any atom is -0.493 e. The fourth-order valence-electron chi connectivity index (χ4n) is 4.63. The number of thiophene rings is 1. The Morgan fingerprint density at radius 2 is 2.00 bits per heavy atom. The van der Waals surface area contributed by atoms with Gasteiger partial charge in [-0.05, 0) is 37.3 Å². The number of hydrogen-bond acceptors (Lipinski definition) is 6. The number of methoxy groups -OCH3 is 1. The number of ether oxygens (including phenoxy) is 2. The number of allylic oxidation sites excluding steroid dienone is 3. The van der Waals surface area contributed by atoms with E-state index >= 15 is 0 Å². The maximum absolute atomic E-state index is 13.5. The van der Waals surface area contributed by atoms with Gasteiger partial charge in [0.1, 0.15) is 5.75 Å². The normalized spacial score (nSPS) is 20.7. The second-order valence-corrected chi connectivity index (χ2v) is 9.24. The molecule has 1 aliphatic heterocycles. The molecule has 1 N–H and O–H groups in total. The van der Waals surface area contributed by atoms with Gasteiger partial charge in [0, 0.05) is 39.7 Å². The Morgan fingerprint density at radius 1 is 1.19 bits per heavy atom. The van der Waals surface area contributed by atoms with Gasteiger partial charge in [-0.25, -0.2) is 4.79 Å². The van der Waals surface area contributed by atoms with Crippen LogP contribution in [0, 0.1) is 0 Å². The van der Waals surface area contributed by atoms with Crippen LogP contribution in [0.2, 0.25) is 0 Å². The van der Waals surface area contributed by atoms with E-state index in [0.717, 1.165) is 36.2 Å². The SMILES string of the molecule is CCCCOc1ccccc1C1C(C(=O)OC)=C(C)NC2=C1C(=O)CC(c1cccs1)C2. The lowest BCUT2D eigenvalue weighted by Crippen LogP contribution is -2.36. The van der Waals surface area contributed by atoms with Gasteiger partial charge in [-0.15, -0.1) is 11.3 Å². The first-order valence-corrected chi connectivity index (χ1v) is 12.0. The highest BCUT2D eigenvalue weighted by molar-refractivity contribution is 7.10. The van der Waals surface area contributed by atoms with Gasteiger partial charge in [0.15, 0.2) is 5.78 Å². The van der Waals surface area contributed by atoms with Gasteiger partial charge >= 0.3 is 5.97 Å². The number of hydrogen-bond donors (Lipinski definition) is 1. The van der Waals surface area contributed by atoms with Crippen LogP contribution in [-0.2, 0) is 14.3 Å². The predicted molar refractivity (Wildman–Crippen MR) is 126 cm³/mol. The standard InChI is InChI=1S/C26H29NO4S/c1-4-5-12-31-21-10-7-6-9-18(21)24-23(26(29)30-3)16(2)27-19-14-17(15-20(28)25(19)24)22-11-8-13-32-22/h6-11,13,17,24,27H,4-5,12,14-15H2,1-3H3. The molecule has 5 nitrogen and oxygen atoms in total. The number of unbranched alkanes of at least 4 members (excludes halogenated alkanes) is 1. The number of dihydropyridines is 1. The van der Waals surface area contributed by atoms with E-state index in [4.69, 9.17) is 9.47 Å². The fraction of sp³-hybridized carbons (Fsp3) is 0.385. The molecule has 0 saturated carbocycles. The Morgan fingerprint density at radius 3 is 2.72 bits per heavy atom. The van der Waals surface area contributed by atoms with E-state index in [0.29, 0.717) is 29.9 Å². The summed E-state index contributed by atoms with van der Waals surface area (Å²) in [6.07, 6.45) is 3.14. The summed E-state index contributed by atoms with van der Waals surface area (Å²) in [6, 6.07) is 11.8. The highest BCUT2D eigenvalue weighted by Gasteiger charge is 2.42. The van der Waals surface area contributed by atoms with Crippen LogP contribution < -0.4 is 10.1 Å². The predicted octanol–water partition coefficient (Wildman–Crippen LogP) is 5.46. The third-order valence-corrected chi connectivity index (χ3v) is 7.20. The average molecular weight is 452 g/mol. The molecule has 0 radical (unpaired) electrons. The van der Waals surface area contributed by atoms with Crippen molar-refractivity contribution in [3.8, 4) is 5.75 Å². The van der Waals surface area contributed by atoms with Crippen molar-refractivity contribution in [3.05, 3.63) is 74.8 Å². The lowest BCUT2D eigenvalue weighted by atomic mass is 9.72. The molecule has 0 fully saturated rings. The number of rotatable bonds is 7. The molecule has 1 aromatic carbocycles. The molecular formula is C26H29NO4S. The number of Topliss-reactive ketones (excluding diaryl/α,β-unsaturated/α-hetero) is 1. The number of benzene rings is 1. The van der Waals surface area contributed by atoms with E-state index in [1.165, 1.54) is 12.0 Å². The molecule has 1 aromatic heterocycles. The average Bonchev–Trinajstić information content (AvgIpc) is 3.33. The van der Waals surface area contributed by atoms with Gasteiger partial charge in [-0.3, -0.25) is 4.79 Å². The van der Waals surface area contributed by atoms with Gasteiger partial charge in [0.25, 0.3) is 0 Å². The van der Waals surface area contributed by atoms with Crippen LogP contribution >= 0.6 is 11.3 Å². The number of para-hydroxylation sites is 1. The summed E-state index contributed by atoms with van der Waals surface area (Å²) in [5.41, 5.74) is 3.60. The maximum atomic E-state index is 13.5. The third kappa shape index (κ3) is 4.24. The van der Waals surface area contributed by atoms with Crippen molar-refractivity contribution in [1.82, 2.24) is 5.32 Å². The quantitative estimate of drug-likeness (QED) is 0.447. The molecule has 1 aliphatic carbocycles. The highest BCUT2D eigenvalue weighted by atomic mass is 32.1. The van der Waals surface area contributed by atoms with Crippen LogP contribution in [0.4, 0.5) is 0 Å².